The highest BCUT2D eigenvalue weighted by Crippen LogP contribution is 2.16. The zero-order valence-electron chi connectivity index (χ0n) is 8.73. The first kappa shape index (κ1) is 9.72. The number of nitrogens with one attached hydrogen (secondary N) is 1. The molecule has 15 heavy (non-hydrogen) atoms. The predicted octanol–water partition coefficient (Wildman–Crippen LogP) is -0.646. The molecule has 1 aromatic rings. The fraction of sp³-hybridized carbons (Fsp3) is 0.333. The molecule has 5 N–H and O–H groups in total. The van der Waals surface area contributed by atoms with Crippen molar-refractivity contribution in [2.75, 3.05) is 0 Å². The summed E-state index contributed by atoms with van der Waals surface area (Å²) in [7, 11) is 1.85. The van der Waals surface area contributed by atoms with E-state index in [2.05, 4.69) is 15.4 Å². The Bertz CT molecular complexity index is 439. The van der Waals surface area contributed by atoms with Crippen LogP contribution in [0.4, 0.5) is 0 Å². The summed E-state index contributed by atoms with van der Waals surface area (Å²) in [4.78, 5) is 4.05. The standard InChI is InChI=1S/C9H14N6/c1-9(11)13-7(3-8(10)14-9)6-4-12-15(2)5-6/h3-5,13H,11H2,1-2H3,(H2,10,14). The van der Waals surface area contributed by atoms with Crippen LogP contribution in [0.2, 0.25) is 0 Å². The highest BCUT2D eigenvalue weighted by atomic mass is 15.3. The van der Waals surface area contributed by atoms with Crippen LogP contribution in [0.3, 0.4) is 0 Å². The summed E-state index contributed by atoms with van der Waals surface area (Å²) >= 11 is 0. The fourth-order valence-corrected chi connectivity index (χ4v) is 1.50. The Kier molecular flexibility index (Phi) is 2.01. The van der Waals surface area contributed by atoms with Gasteiger partial charge < -0.3 is 11.1 Å². The second-order valence-electron chi connectivity index (χ2n) is 3.77. The van der Waals surface area contributed by atoms with Gasteiger partial charge in [-0.2, -0.15) is 5.10 Å². The summed E-state index contributed by atoms with van der Waals surface area (Å²) in [6.07, 6.45) is 5.37. The average Bonchev–Trinajstić information content (AvgIpc) is 2.48. The van der Waals surface area contributed by atoms with E-state index >= 15 is 0 Å². The first-order valence-electron chi connectivity index (χ1n) is 4.59. The molecule has 1 aromatic heterocycles. The lowest BCUT2D eigenvalue weighted by Crippen LogP contribution is -2.51. The van der Waals surface area contributed by atoms with Crippen LogP contribution in [-0.2, 0) is 7.05 Å². The van der Waals surface area contributed by atoms with Gasteiger partial charge in [-0.05, 0) is 6.92 Å². The lowest BCUT2D eigenvalue weighted by atomic mass is 10.2. The molecule has 0 aliphatic carbocycles. The van der Waals surface area contributed by atoms with E-state index in [0.29, 0.717) is 5.84 Å². The Labute approximate surface area is 87.7 Å². The van der Waals surface area contributed by atoms with Crippen LogP contribution in [0.5, 0.6) is 0 Å². The third-order valence-corrected chi connectivity index (χ3v) is 2.06. The molecule has 0 saturated heterocycles. The van der Waals surface area contributed by atoms with Gasteiger partial charge in [0.2, 0.25) is 0 Å². The number of aliphatic imine (C=N–C) groups is 1. The molecule has 0 spiro atoms. The SMILES string of the molecule is Cn1cc(C2=CC(N)=NC(C)(N)N2)cn1. The molecule has 1 unspecified atom stereocenters. The Morgan fingerprint density at radius 1 is 1.53 bits per heavy atom. The van der Waals surface area contributed by atoms with Gasteiger partial charge in [0.1, 0.15) is 5.84 Å². The number of nitrogens with two attached hydrogens (primary N) is 2. The maximum absolute atomic E-state index is 5.86. The first-order chi connectivity index (χ1) is 6.96. The number of nitrogens with zero attached hydrogens (tertiary/aromatic N) is 3. The smallest absolute Gasteiger partial charge is 0.181 e. The topological polar surface area (TPSA) is 94.2 Å². The molecular formula is C9H14N6. The maximum Gasteiger partial charge on any atom is 0.181 e. The van der Waals surface area contributed by atoms with Gasteiger partial charge in [-0.15, -0.1) is 0 Å². The van der Waals surface area contributed by atoms with Crippen molar-refractivity contribution >= 4 is 11.5 Å². The highest BCUT2D eigenvalue weighted by molar-refractivity contribution is 5.99. The van der Waals surface area contributed by atoms with Crippen LogP contribution in [0.15, 0.2) is 23.5 Å². The molecule has 1 aliphatic rings. The molecule has 6 nitrogen and oxygen atoms in total. The Hall–Kier alpha value is -1.82. The molecule has 80 valence electrons. The molecule has 0 radical (unpaired) electrons. The van der Waals surface area contributed by atoms with Crippen molar-refractivity contribution in [3.8, 4) is 0 Å². The molecule has 0 saturated carbocycles. The zero-order valence-corrected chi connectivity index (χ0v) is 8.73. The number of amidine groups is 1. The lowest BCUT2D eigenvalue weighted by molar-refractivity contribution is 0.445. The molecule has 2 rings (SSSR count). The van der Waals surface area contributed by atoms with Crippen molar-refractivity contribution in [2.45, 2.75) is 12.7 Å². The van der Waals surface area contributed by atoms with Gasteiger partial charge in [0.15, 0.2) is 5.79 Å². The maximum atomic E-state index is 5.86. The molecule has 1 aliphatic heterocycles. The fourth-order valence-electron chi connectivity index (χ4n) is 1.50. The van der Waals surface area contributed by atoms with Crippen LogP contribution < -0.4 is 16.8 Å². The Morgan fingerprint density at radius 3 is 2.80 bits per heavy atom. The molecule has 1 atom stereocenters. The minimum atomic E-state index is -0.857. The highest BCUT2D eigenvalue weighted by Gasteiger charge is 2.23. The van der Waals surface area contributed by atoms with Crippen molar-refractivity contribution in [2.24, 2.45) is 23.5 Å². The average molecular weight is 206 g/mol. The summed E-state index contributed by atoms with van der Waals surface area (Å²) in [5.41, 5.74) is 13.3. The number of aryl methyl sites for hydroxylation is 1. The molecular weight excluding hydrogens is 192 g/mol. The number of aromatic nitrogens is 2. The van der Waals surface area contributed by atoms with E-state index in [1.807, 2.05) is 13.2 Å². The summed E-state index contributed by atoms with van der Waals surface area (Å²) in [6.45, 7) is 1.75. The summed E-state index contributed by atoms with van der Waals surface area (Å²) in [6, 6.07) is 0. The minimum absolute atomic E-state index is 0.414. The predicted molar refractivity (Wildman–Crippen MR) is 58.5 cm³/mol. The molecule has 0 fully saturated rings. The second-order valence-corrected chi connectivity index (χ2v) is 3.77. The van der Waals surface area contributed by atoms with Crippen molar-refractivity contribution in [1.82, 2.24) is 15.1 Å². The van der Waals surface area contributed by atoms with Crippen molar-refractivity contribution in [3.05, 3.63) is 24.0 Å². The van der Waals surface area contributed by atoms with Gasteiger partial charge >= 0.3 is 0 Å². The largest absolute Gasteiger partial charge is 0.384 e. The van der Waals surface area contributed by atoms with Gasteiger partial charge in [0.25, 0.3) is 0 Å². The van der Waals surface area contributed by atoms with Gasteiger partial charge in [-0.1, -0.05) is 0 Å². The minimum Gasteiger partial charge on any atom is -0.384 e. The lowest BCUT2D eigenvalue weighted by Gasteiger charge is -2.28. The first-order valence-corrected chi connectivity index (χ1v) is 4.59. The van der Waals surface area contributed by atoms with E-state index in [1.54, 1.807) is 23.9 Å². The Balaban J connectivity index is 2.36. The summed E-state index contributed by atoms with van der Waals surface area (Å²) in [5.74, 6) is -0.443. The van der Waals surface area contributed by atoms with Crippen LogP contribution >= 0.6 is 0 Å². The summed E-state index contributed by atoms with van der Waals surface area (Å²) in [5, 5.41) is 7.15. The van der Waals surface area contributed by atoms with E-state index in [1.165, 1.54) is 0 Å². The van der Waals surface area contributed by atoms with Gasteiger partial charge in [-0.25, -0.2) is 4.99 Å². The van der Waals surface area contributed by atoms with E-state index in [4.69, 9.17) is 11.5 Å². The van der Waals surface area contributed by atoms with E-state index in [-0.39, 0.29) is 0 Å². The van der Waals surface area contributed by atoms with Crippen molar-refractivity contribution < 1.29 is 0 Å². The third kappa shape index (κ3) is 1.99. The van der Waals surface area contributed by atoms with E-state index in [9.17, 15) is 0 Å². The summed E-state index contributed by atoms with van der Waals surface area (Å²) < 4.78 is 1.72. The quantitative estimate of drug-likeness (QED) is 0.569. The van der Waals surface area contributed by atoms with Crippen LogP contribution in [0.25, 0.3) is 5.70 Å². The molecule has 2 heterocycles. The van der Waals surface area contributed by atoms with Gasteiger partial charge in [-0.3, -0.25) is 10.4 Å². The van der Waals surface area contributed by atoms with Gasteiger partial charge in [0.05, 0.1) is 11.9 Å². The third-order valence-electron chi connectivity index (χ3n) is 2.06. The van der Waals surface area contributed by atoms with E-state index in [0.717, 1.165) is 11.3 Å². The number of rotatable bonds is 1. The van der Waals surface area contributed by atoms with Crippen molar-refractivity contribution in [1.29, 1.82) is 0 Å². The molecule has 6 heteroatoms. The molecule has 0 amide bonds. The molecule has 0 aromatic carbocycles. The van der Waals surface area contributed by atoms with Crippen LogP contribution in [0, 0.1) is 0 Å². The van der Waals surface area contributed by atoms with Crippen molar-refractivity contribution in [3.63, 3.8) is 0 Å². The molecule has 0 bridgehead atoms. The van der Waals surface area contributed by atoms with Gasteiger partial charge in [0, 0.05) is 24.9 Å². The normalized spacial score (nSPS) is 25.5. The van der Waals surface area contributed by atoms with Crippen LogP contribution in [0.1, 0.15) is 12.5 Å². The second kappa shape index (κ2) is 3.09. The number of hydrogen-bond acceptors (Lipinski definition) is 5. The monoisotopic (exact) mass is 206 g/mol. The number of hydrogen-bond donors (Lipinski definition) is 3. The van der Waals surface area contributed by atoms with E-state index < -0.39 is 5.79 Å². The Morgan fingerprint density at radius 2 is 2.27 bits per heavy atom. The van der Waals surface area contributed by atoms with Crippen LogP contribution in [-0.4, -0.2) is 21.4 Å². The zero-order chi connectivity index (χ0) is 11.1.